The molecule has 0 bridgehead atoms. The van der Waals surface area contributed by atoms with E-state index >= 15 is 0 Å². The summed E-state index contributed by atoms with van der Waals surface area (Å²) in [4.78, 5) is 0. The van der Waals surface area contributed by atoms with Crippen molar-refractivity contribution in [2.75, 3.05) is 19.7 Å². The molecule has 0 aliphatic heterocycles. The Morgan fingerprint density at radius 2 is 2.14 bits per heavy atom. The van der Waals surface area contributed by atoms with Crippen LogP contribution in [0.3, 0.4) is 0 Å². The molecule has 1 aliphatic rings. The number of ether oxygens (including phenoxy) is 1. The number of benzene rings is 1. The number of rotatable bonds is 7. The van der Waals surface area contributed by atoms with Crippen LogP contribution in [-0.2, 0) is 0 Å². The fraction of sp³-hybridized carbons (Fsp3) is 0.562. The zero-order valence-corrected chi connectivity index (χ0v) is 12.6. The van der Waals surface area contributed by atoms with Crippen molar-refractivity contribution < 1.29 is 9.94 Å². The number of amidine groups is 1. The summed E-state index contributed by atoms with van der Waals surface area (Å²) in [6.07, 6.45) is 4.07. The Kier molecular flexibility index (Phi) is 5.87. The van der Waals surface area contributed by atoms with Gasteiger partial charge in [0.15, 0.2) is 5.84 Å². The van der Waals surface area contributed by atoms with Gasteiger partial charge in [0, 0.05) is 12.1 Å². The summed E-state index contributed by atoms with van der Waals surface area (Å²) in [6.45, 7) is 4.93. The van der Waals surface area contributed by atoms with Crippen LogP contribution in [0, 0.1) is 11.8 Å². The molecule has 1 fully saturated rings. The lowest BCUT2D eigenvalue weighted by Crippen LogP contribution is -2.26. The highest BCUT2D eigenvalue weighted by Crippen LogP contribution is 2.29. The number of oxime groups is 1. The molecule has 4 N–H and O–H groups in total. The Labute approximate surface area is 126 Å². The molecular weight excluding hydrogens is 266 g/mol. The van der Waals surface area contributed by atoms with E-state index in [0.29, 0.717) is 12.2 Å². The second-order valence-electron chi connectivity index (χ2n) is 5.85. The Bertz CT molecular complexity index is 459. The molecule has 5 nitrogen and oxygen atoms in total. The molecule has 2 unspecified atom stereocenters. The predicted octanol–water partition coefficient (Wildman–Crippen LogP) is 2.19. The molecular formula is C16H25N3O2. The molecule has 1 aromatic carbocycles. The minimum atomic E-state index is 0.106. The van der Waals surface area contributed by atoms with Crippen molar-refractivity contribution in [2.45, 2.75) is 26.2 Å². The van der Waals surface area contributed by atoms with E-state index in [4.69, 9.17) is 15.7 Å². The monoisotopic (exact) mass is 291 g/mol. The first kappa shape index (κ1) is 15.6. The third-order valence-electron chi connectivity index (χ3n) is 4.04. The Morgan fingerprint density at radius 3 is 2.76 bits per heavy atom. The van der Waals surface area contributed by atoms with Crippen molar-refractivity contribution >= 4 is 5.84 Å². The number of nitrogens with one attached hydrogen (secondary N) is 1. The summed E-state index contributed by atoms with van der Waals surface area (Å²) >= 11 is 0. The van der Waals surface area contributed by atoms with Gasteiger partial charge in [-0.1, -0.05) is 18.5 Å². The van der Waals surface area contributed by atoms with Gasteiger partial charge in [-0.15, -0.1) is 0 Å². The standard InChI is InChI=1S/C16H25N3O2/c1-12-2-3-13(10-12)11-18-8-9-21-15-6-4-14(5-7-15)16(17)19-20/h4-7,12-13,18,20H,2-3,8-11H2,1H3,(H2,17,19). The van der Waals surface area contributed by atoms with Crippen LogP contribution in [0.2, 0.25) is 0 Å². The van der Waals surface area contributed by atoms with Crippen LogP contribution >= 0.6 is 0 Å². The fourth-order valence-corrected chi connectivity index (χ4v) is 2.84. The molecule has 0 aromatic heterocycles. The van der Waals surface area contributed by atoms with Crippen LogP contribution in [-0.4, -0.2) is 30.7 Å². The lowest BCUT2D eigenvalue weighted by atomic mass is 10.1. The van der Waals surface area contributed by atoms with E-state index in [9.17, 15) is 0 Å². The van der Waals surface area contributed by atoms with Crippen LogP contribution in [0.25, 0.3) is 0 Å². The lowest BCUT2D eigenvalue weighted by Gasteiger charge is -2.12. The molecule has 1 aliphatic carbocycles. The quantitative estimate of drug-likeness (QED) is 0.236. The smallest absolute Gasteiger partial charge is 0.170 e. The van der Waals surface area contributed by atoms with Crippen molar-refractivity contribution in [2.24, 2.45) is 22.7 Å². The molecule has 1 aromatic rings. The third kappa shape index (κ3) is 4.93. The van der Waals surface area contributed by atoms with Gasteiger partial charge in [0.2, 0.25) is 0 Å². The molecule has 116 valence electrons. The average molecular weight is 291 g/mol. The molecule has 0 saturated heterocycles. The zero-order chi connectivity index (χ0) is 15.1. The minimum absolute atomic E-state index is 0.106. The summed E-state index contributed by atoms with van der Waals surface area (Å²) in [5.74, 6) is 2.62. The molecule has 2 rings (SSSR count). The third-order valence-corrected chi connectivity index (χ3v) is 4.04. The topological polar surface area (TPSA) is 79.9 Å². The highest BCUT2D eigenvalue weighted by Gasteiger charge is 2.20. The first-order valence-electron chi connectivity index (χ1n) is 7.60. The Morgan fingerprint density at radius 1 is 1.38 bits per heavy atom. The van der Waals surface area contributed by atoms with Crippen molar-refractivity contribution in [1.29, 1.82) is 0 Å². The van der Waals surface area contributed by atoms with Crippen LogP contribution in [0.5, 0.6) is 5.75 Å². The van der Waals surface area contributed by atoms with E-state index in [0.717, 1.165) is 30.7 Å². The van der Waals surface area contributed by atoms with Crippen molar-refractivity contribution in [1.82, 2.24) is 5.32 Å². The van der Waals surface area contributed by atoms with Crippen molar-refractivity contribution in [3.05, 3.63) is 29.8 Å². The number of nitrogens with zero attached hydrogens (tertiary/aromatic N) is 1. The van der Waals surface area contributed by atoms with Gasteiger partial charge >= 0.3 is 0 Å². The summed E-state index contributed by atoms with van der Waals surface area (Å²) in [7, 11) is 0. The molecule has 0 heterocycles. The second kappa shape index (κ2) is 7.88. The minimum Gasteiger partial charge on any atom is -0.492 e. The maximum absolute atomic E-state index is 8.59. The van der Waals surface area contributed by atoms with Gasteiger partial charge < -0.3 is 21.0 Å². The van der Waals surface area contributed by atoms with Crippen LogP contribution in [0.1, 0.15) is 31.7 Å². The first-order chi connectivity index (χ1) is 10.2. The molecule has 21 heavy (non-hydrogen) atoms. The summed E-state index contributed by atoms with van der Waals surface area (Å²) < 4.78 is 5.65. The van der Waals surface area contributed by atoms with Crippen molar-refractivity contribution in [3.8, 4) is 5.75 Å². The SMILES string of the molecule is CC1CCC(CNCCOc2ccc(/C(N)=N/O)cc2)C1. The Balaban J connectivity index is 1.62. The van der Waals surface area contributed by atoms with Crippen LogP contribution in [0.15, 0.2) is 29.4 Å². The summed E-state index contributed by atoms with van der Waals surface area (Å²) in [5.41, 5.74) is 6.18. The van der Waals surface area contributed by atoms with Gasteiger partial charge in [0.25, 0.3) is 0 Å². The summed E-state index contributed by atoms with van der Waals surface area (Å²) in [6, 6.07) is 7.20. The second-order valence-corrected chi connectivity index (χ2v) is 5.85. The number of nitrogens with two attached hydrogens (primary N) is 1. The molecule has 5 heteroatoms. The van der Waals surface area contributed by atoms with Crippen LogP contribution < -0.4 is 15.8 Å². The Hall–Kier alpha value is -1.75. The normalized spacial score (nSPS) is 22.4. The van der Waals surface area contributed by atoms with Crippen molar-refractivity contribution in [3.63, 3.8) is 0 Å². The van der Waals surface area contributed by atoms with Gasteiger partial charge in [-0.25, -0.2) is 0 Å². The molecule has 0 spiro atoms. The summed E-state index contributed by atoms with van der Waals surface area (Å²) in [5, 5.41) is 15.0. The van der Waals surface area contributed by atoms with E-state index in [2.05, 4.69) is 17.4 Å². The largest absolute Gasteiger partial charge is 0.492 e. The molecule has 0 amide bonds. The lowest BCUT2D eigenvalue weighted by molar-refractivity contribution is 0.308. The first-order valence-corrected chi connectivity index (χ1v) is 7.60. The maximum atomic E-state index is 8.59. The number of hydrogen-bond acceptors (Lipinski definition) is 4. The molecule has 1 saturated carbocycles. The van der Waals surface area contributed by atoms with Crippen LogP contribution in [0.4, 0.5) is 0 Å². The predicted molar refractivity (Wildman–Crippen MR) is 83.8 cm³/mol. The van der Waals surface area contributed by atoms with Gasteiger partial charge in [-0.05, 0) is 55.5 Å². The fourth-order valence-electron chi connectivity index (χ4n) is 2.84. The zero-order valence-electron chi connectivity index (χ0n) is 12.6. The van der Waals surface area contributed by atoms with E-state index < -0.39 is 0 Å². The van der Waals surface area contributed by atoms with Gasteiger partial charge in [0.05, 0.1) is 0 Å². The highest BCUT2D eigenvalue weighted by atomic mass is 16.5. The van der Waals surface area contributed by atoms with Gasteiger partial charge in [-0.2, -0.15) is 0 Å². The highest BCUT2D eigenvalue weighted by molar-refractivity contribution is 5.97. The van der Waals surface area contributed by atoms with Gasteiger partial charge in [-0.3, -0.25) is 0 Å². The molecule has 0 radical (unpaired) electrons. The molecule has 2 atom stereocenters. The van der Waals surface area contributed by atoms with E-state index in [-0.39, 0.29) is 5.84 Å². The maximum Gasteiger partial charge on any atom is 0.170 e. The van der Waals surface area contributed by atoms with E-state index in [1.807, 2.05) is 12.1 Å². The number of hydrogen-bond donors (Lipinski definition) is 3. The van der Waals surface area contributed by atoms with Gasteiger partial charge in [0.1, 0.15) is 12.4 Å². The average Bonchev–Trinajstić information content (AvgIpc) is 2.92. The van der Waals surface area contributed by atoms with E-state index in [1.165, 1.54) is 19.3 Å². The van der Waals surface area contributed by atoms with E-state index in [1.54, 1.807) is 12.1 Å².